The summed E-state index contributed by atoms with van der Waals surface area (Å²) in [4.78, 5) is 0. The number of hydrogen-bond acceptors (Lipinski definition) is 1. The fraction of sp³-hybridized carbons (Fsp3) is 0.538. The van der Waals surface area contributed by atoms with E-state index in [1.165, 1.54) is 12.0 Å². The van der Waals surface area contributed by atoms with E-state index in [9.17, 15) is 0 Å². The third-order valence-corrected chi connectivity index (χ3v) is 1.35. The first-order valence-electron chi connectivity index (χ1n) is 5.38. The first-order chi connectivity index (χ1) is 6.61. The standard InChI is InChI=1S/C8H10O.C3H8.C2H6/c1-6-3-4-8(9)7(2)5-6;1-3-2;1-2/h3-5,9H,1-2H3;3H2,1-2H3;1-2H3. The van der Waals surface area contributed by atoms with Crippen molar-refractivity contribution >= 4 is 0 Å². The largest absolute Gasteiger partial charge is 0.508 e. The summed E-state index contributed by atoms with van der Waals surface area (Å²) >= 11 is 0. The van der Waals surface area contributed by atoms with Gasteiger partial charge in [-0.25, -0.2) is 0 Å². The van der Waals surface area contributed by atoms with E-state index in [-0.39, 0.29) is 0 Å². The minimum Gasteiger partial charge on any atom is -0.508 e. The molecule has 82 valence electrons. The minimum atomic E-state index is 0.376. The normalized spacial score (nSPS) is 7.86. The second kappa shape index (κ2) is 10.1. The third-order valence-electron chi connectivity index (χ3n) is 1.35. The highest BCUT2D eigenvalue weighted by molar-refractivity contribution is 5.34. The lowest BCUT2D eigenvalue weighted by molar-refractivity contribution is 0.471. The highest BCUT2D eigenvalue weighted by Crippen LogP contribution is 2.15. The molecule has 0 aromatic heterocycles. The summed E-state index contributed by atoms with van der Waals surface area (Å²) in [6.45, 7) is 12.1. The maximum atomic E-state index is 9.04. The van der Waals surface area contributed by atoms with Gasteiger partial charge in [0.2, 0.25) is 0 Å². The number of phenols is 1. The van der Waals surface area contributed by atoms with Crippen LogP contribution < -0.4 is 0 Å². The Morgan fingerprint density at radius 2 is 1.50 bits per heavy atom. The molecule has 0 bridgehead atoms. The van der Waals surface area contributed by atoms with Crippen LogP contribution in [0.4, 0.5) is 0 Å². The van der Waals surface area contributed by atoms with Crippen LogP contribution in [0.3, 0.4) is 0 Å². The fourth-order valence-corrected chi connectivity index (χ4v) is 0.805. The van der Waals surface area contributed by atoms with Crippen molar-refractivity contribution in [2.24, 2.45) is 0 Å². The second-order valence-corrected chi connectivity index (χ2v) is 3.00. The van der Waals surface area contributed by atoms with Gasteiger partial charge in [-0.15, -0.1) is 0 Å². The van der Waals surface area contributed by atoms with Crippen LogP contribution in [-0.2, 0) is 0 Å². The van der Waals surface area contributed by atoms with Gasteiger partial charge >= 0.3 is 0 Å². The number of aryl methyl sites for hydroxylation is 2. The zero-order valence-corrected chi connectivity index (χ0v) is 10.4. The Bertz CT molecular complexity index is 229. The van der Waals surface area contributed by atoms with Crippen molar-refractivity contribution in [3.05, 3.63) is 29.3 Å². The Morgan fingerprint density at radius 3 is 1.79 bits per heavy atom. The molecule has 0 saturated heterocycles. The molecule has 1 aromatic carbocycles. The van der Waals surface area contributed by atoms with Crippen LogP contribution in [-0.4, -0.2) is 5.11 Å². The number of aromatic hydroxyl groups is 1. The quantitative estimate of drug-likeness (QED) is 0.650. The molecular weight excluding hydrogens is 172 g/mol. The Hall–Kier alpha value is -0.980. The Morgan fingerprint density at radius 1 is 1.07 bits per heavy atom. The van der Waals surface area contributed by atoms with E-state index in [1.807, 2.05) is 39.8 Å². The van der Waals surface area contributed by atoms with Gasteiger partial charge in [-0.1, -0.05) is 51.8 Å². The lowest BCUT2D eigenvalue weighted by Gasteiger charge is -1.97. The molecule has 0 saturated carbocycles. The van der Waals surface area contributed by atoms with E-state index in [0.717, 1.165) is 5.56 Å². The van der Waals surface area contributed by atoms with Crippen molar-refractivity contribution in [3.8, 4) is 5.75 Å². The first-order valence-corrected chi connectivity index (χ1v) is 5.38. The third kappa shape index (κ3) is 7.66. The highest BCUT2D eigenvalue weighted by atomic mass is 16.3. The van der Waals surface area contributed by atoms with E-state index < -0.39 is 0 Å². The van der Waals surface area contributed by atoms with Gasteiger partial charge in [-0.05, 0) is 25.5 Å². The Kier molecular flexibility index (Phi) is 11.2. The van der Waals surface area contributed by atoms with E-state index in [0.29, 0.717) is 5.75 Å². The van der Waals surface area contributed by atoms with Crippen molar-refractivity contribution in [1.82, 2.24) is 0 Å². The molecule has 0 aliphatic carbocycles. The molecular formula is C13H24O. The number of hydrogen-bond donors (Lipinski definition) is 1. The molecule has 1 nitrogen and oxygen atoms in total. The van der Waals surface area contributed by atoms with Crippen molar-refractivity contribution in [2.45, 2.75) is 48.0 Å². The van der Waals surface area contributed by atoms with E-state index in [4.69, 9.17) is 5.11 Å². The molecule has 0 amide bonds. The predicted molar refractivity (Wildman–Crippen MR) is 64.9 cm³/mol. The average molecular weight is 196 g/mol. The molecule has 0 heterocycles. The molecule has 0 aliphatic rings. The van der Waals surface area contributed by atoms with Gasteiger partial charge in [0.1, 0.15) is 5.75 Å². The van der Waals surface area contributed by atoms with E-state index >= 15 is 0 Å². The van der Waals surface area contributed by atoms with Gasteiger partial charge < -0.3 is 5.11 Å². The van der Waals surface area contributed by atoms with Gasteiger partial charge in [0, 0.05) is 0 Å². The van der Waals surface area contributed by atoms with Crippen LogP contribution >= 0.6 is 0 Å². The van der Waals surface area contributed by atoms with Gasteiger partial charge in [0.15, 0.2) is 0 Å². The fourth-order valence-electron chi connectivity index (χ4n) is 0.805. The molecule has 1 heteroatoms. The number of phenolic OH excluding ortho intramolecular Hbond substituents is 1. The monoisotopic (exact) mass is 196 g/mol. The highest BCUT2D eigenvalue weighted by Gasteiger charge is 1.91. The maximum Gasteiger partial charge on any atom is 0.118 e. The van der Waals surface area contributed by atoms with E-state index in [1.54, 1.807) is 6.07 Å². The smallest absolute Gasteiger partial charge is 0.118 e. The van der Waals surface area contributed by atoms with Crippen LogP contribution in [0.2, 0.25) is 0 Å². The zero-order valence-electron chi connectivity index (χ0n) is 10.4. The second-order valence-electron chi connectivity index (χ2n) is 3.00. The van der Waals surface area contributed by atoms with Crippen LogP contribution in [0.25, 0.3) is 0 Å². The molecule has 1 rings (SSSR count). The summed E-state index contributed by atoms with van der Waals surface area (Å²) in [5.41, 5.74) is 2.13. The molecule has 0 atom stereocenters. The molecule has 0 fully saturated rings. The zero-order chi connectivity index (χ0) is 11.6. The summed E-state index contributed by atoms with van der Waals surface area (Å²) in [6.07, 6.45) is 1.25. The van der Waals surface area contributed by atoms with E-state index in [2.05, 4.69) is 13.8 Å². The summed E-state index contributed by atoms with van der Waals surface area (Å²) in [5.74, 6) is 0.376. The van der Waals surface area contributed by atoms with Crippen molar-refractivity contribution in [1.29, 1.82) is 0 Å². The molecule has 0 aliphatic heterocycles. The molecule has 0 unspecified atom stereocenters. The predicted octanol–water partition coefficient (Wildman–Crippen LogP) is 4.45. The summed E-state index contributed by atoms with van der Waals surface area (Å²) in [5, 5.41) is 9.04. The topological polar surface area (TPSA) is 20.2 Å². The van der Waals surface area contributed by atoms with Gasteiger partial charge in [-0.2, -0.15) is 0 Å². The van der Waals surface area contributed by atoms with Crippen molar-refractivity contribution in [2.75, 3.05) is 0 Å². The van der Waals surface area contributed by atoms with Crippen LogP contribution in [0.15, 0.2) is 18.2 Å². The van der Waals surface area contributed by atoms with Gasteiger partial charge in [-0.3, -0.25) is 0 Å². The summed E-state index contributed by atoms with van der Waals surface area (Å²) < 4.78 is 0. The number of rotatable bonds is 0. The summed E-state index contributed by atoms with van der Waals surface area (Å²) in [6, 6.07) is 5.56. The lowest BCUT2D eigenvalue weighted by Crippen LogP contribution is -1.75. The minimum absolute atomic E-state index is 0.376. The molecule has 0 radical (unpaired) electrons. The van der Waals surface area contributed by atoms with Crippen molar-refractivity contribution < 1.29 is 5.11 Å². The molecule has 1 aromatic rings. The van der Waals surface area contributed by atoms with Gasteiger partial charge in [0.25, 0.3) is 0 Å². The molecule has 1 N–H and O–H groups in total. The van der Waals surface area contributed by atoms with Crippen LogP contribution in [0.1, 0.15) is 45.2 Å². The lowest BCUT2D eigenvalue weighted by atomic mass is 10.1. The SMILES string of the molecule is CC.CCC.Cc1ccc(O)c(C)c1. The first kappa shape index (κ1) is 15.5. The Labute approximate surface area is 88.8 Å². The summed E-state index contributed by atoms with van der Waals surface area (Å²) in [7, 11) is 0. The van der Waals surface area contributed by atoms with Crippen LogP contribution in [0, 0.1) is 13.8 Å². The molecule has 0 spiro atoms. The van der Waals surface area contributed by atoms with Crippen LogP contribution in [0.5, 0.6) is 5.75 Å². The number of benzene rings is 1. The molecule has 14 heavy (non-hydrogen) atoms. The maximum absolute atomic E-state index is 9.04. The van der Waals surface area contributed by atoms with Gasteiger partial charge in [0.05, 0.1) is 0 Å². The Balaban J connectivity index is 0. The van der Waals surface area contributed by atoms with Crippen molar-refractivity contribution in [3.63, 3.8) is 0 Å². The average Bonchev–Trinajstić information content (AvgIpc) is 2.17.